The van der Waals surface area contributed by atoms with Crippen LogP contribution >= 0.6 is 0 Å². The van der Waals surface area contributed by atoms with E-state index >= 15 is 0 Å². The van der Waals surface area contributed by atoms with Gasteiger partial charge < -0.3 is 0 Å². The first kappa shape index (κ1) is 12.1. The zero-order valence-corrected chi connectivity index (χ0v) is 9.08. The lowest BCUT2D eigenvalue weighted by atomic mass is 10.0. The summed E-state index contributed by atoms with van der Waals surface area (Å²) in [5.41, 5.74) is -2.81. The Kier molecular flexibility index (Phi) is 2.39. The lowest BCUT2D eigenvalue weighted by Gasteiger charge is -2.07. The van der Waals surface area contributed by atoms with Crippen molar-refractivity contribution in [3.8, 4) is 11.1 Å². The number of rotatable bonds is 0. The second kappa shape index (κ2) is 3.76. The summed E-state index contributed by atoms with van der Waals surface area (Å²) in [7, 11) is 0. The van der Waals surface area contributed by atoms with Crippen LogP contribution in [0.3, 0.4) is 0 Å². The molecule has 2 aromatic rings. The van der Waals surface area contributed by atoms with Crippen LogP contribution in [-0.4, -0.2) is 0 Å². The van der Waals surface area contributed by atoms with Gasteiger partial charge in [0.05, 0.1) is 0 Å². The first-order chi connectivity index (χ1) is 8.95. The van der Waals surface area contributed by atoms with Crippen molar-refractivity contribution >= 4 is 0 Å². The highest BCUT2D eigenvalue weighted by Gasteiger charge is 2.39. The molecule has 0 nitrogen and oxygen atoms in total. The predicted octanol–water partition coefficient (Wildman–Crippen LogP) is 4.42. The van der Waals surface area contributed by atoms with Gasteiger partial charge in [0.25, 0.3) is 0 Å². The molecule has 0 spiro atoms. The summed E-state index contributed by atoms with van der Waals surface area (Å²) in [6, 6.07) is 3.16. The summed E-state index contributed by atoms with van der Waals surface area (Å²) < 4.78 is 81.1. The summed E-state index contributed by atoms with van der Waals surface area (Å²) in [4.78, 5) is 0. The zero-order chi connectivity index (χ0) is 13.9. The second-order valence-corrected chi connectivity index (χ2v) is 4.11. The molecule has 1 aliphatic carbocycles. The Hall–Kier alpha value is -1.98. The van der Waals surface area contributed by atoms with Gasteiger partial charge in [0, 0.05) is 22.3 Å². The summed E-state index contributed by atoms with van der Waals surface area (Å²) in [5.74, 6) is -8.84. The van der Waals surface area contributed by atoms with Crippen molar-refractivity contribution in [2.45, 2.75) is 6.17 Å². The van der Waals surface area contributed by atoms with Crippen molar-refractivity contribution in [3.63, 3.8) is 0 Å². The molecule has 19 heavy (non-hydrogen) atoms. The molecule has 0 radical (unpaired) electrons. The highest BCUT2D eigenvalue weighted by Crippen LogP contribution is 2.49. The molecule has 1 aliphatic rings. The second-order valence-electron chi connectivity index (χ2n) is 4.11. The van der Waals surface area contributed by atoms with Crippen LogP contribution in [0.5, 0.6) is 0 Å². The molecule has 0 N–H and O–H groups in total. The zero-order valence-electron chi connectivity index (χ0n) is 9.08. The highest BCUT2D eigenvalue weighted by atomic mass is 19.2. The fourth-order valence-electron chi connectivity index (χ4n) is 2.30. The van der Waals surface area contributed by atoms with Gasteiger partial charge in [-0.2, -0.15) is 0 Å². The van der Waals surface area contributed by atoms with E-state index in [0.29, 0.717) is 0 Å². The van der Waals surface area contributed by atoms with E-state index < -0.39 is 51.9 Å². The van der Waals surface area contributed by atoms with E-state index in [1.54, 1.807) is 0 Å². The third-order valence-electron chi connectivity index (χ3n) is 3.13. The molecule has 0 aromatic heterocycles. The maximum atomic E-state index is 14.0. The number of halogens is 6. The minimum atomic E-state index is -2.23. The van der Waals surface area contributed by atoms with E-state index in [1.807, 2.05) is 0 Å². The lowest BCUT2D eigenvalue weighted by molar-refractivity contribution is 0.367. The fourth-order valence-corrected chi connectivity index (χ4v) is 2.30. The normalized spacial score (nSPS) is 16.4. The Labute approximate surface area is 103 Å². The Morgan fingerprint density at radius 1 is 0.737 bits per heavy atom. The van der Waals surface area contributed by atoms with Crippen LogP contribution in [0.4, 0.5) is 26.3 Å². The van der Waals surface area contributed by atoms with Crippen LogP contribution < -0.4 is 0 Å². The van der Waals surface area contributed by atoms with Crippen LogP contribution in [0.25, 0.3) is 11.1 Å². The van der Waals surface area contributed by atoms with Crippen molar-refractivity contribution in [1.82, 2.24) is 0 Å². The van der Waals surface area contributed by atoms with E-state index in [1.165, 1.54) is 0 Å². The maximum absolute atomic E-state index is 14.0. The molecule has 1 unspecified atom stereocenters. The maximum Gasteiger partial charge on any atom is 0.198 e. The largest absolute Gasteiger partial charge is 0.237 e. The molecule has 1 atom stereocenters. The summed E-state index contributed by atoms with van der Waals surface area (Å²) in [6.45, 7) is 0. The average molecular weight is 274 g/mol. The van der Waals surface area contributed by atoms with Crippen molar-refractivity contribution in [1.29, 1.82) is 0 Å². The Morgan fingerprint density at radius 3 is 2.05 bits per heavy atom. The van der Waals surface area contributed by atoms with E-state index in [0.717, 1.165) is 18.2 Å². The topological polar surface area (TPSA) is 0 Å². The van der Waals surface area contributed by atoms with Crippen LogP contribution in [0.1, 0.15) is 17.3 Å². The Morgan fingerprint density at radius 2 is 1.37 bits per heavy atom. The molecule has 2 aromatic carbocycles. The van der Waals surface area contributed by atoms with Gasteiger partial charge in [0.1, 0.15) is 5.82 Å². The molecule has 3 rings (SSSR count). The Balaban J connectivity index is 2.50. The Bertz CT molecular complexity index is 707. The number of benzene rings is 2. The SMILES string of the molecule is Fc1cccc2c1-c1c(F)c(F)c(F)c(F)c1C2F. The van der Waals surface area contributed by atoms with E-state index in [2.05, 4.69) is 0 Å². The molecule has 0 amide bonds. The van der Waals surface area contributed by atoms with Crippen molar-refractivity contribution in [2.24, 2.45) is 0 Å². The van der Waals surface area contributed by atoms with E-state index in [9.17, 15) is 26.3 Å². The molecular formula is C13H4F6. The van der Waals surface area contributed by atoms with Crippen LogP contribution in [-0.2, 0) is 0 Å². The van der Waals surface area contributed by atoms with Gasteiger partial charge in [0.15, 0.2) is 29.4 Å². The monoisotopic (exact) mass is 274 g/mol. The number of alkyl halides is 1. The van der Waals surface area contributed by atoms with Crippen molar-refractivity contribution in [3.05, 3.63) is 58.4 Å². The third-order valence-corrected chi connectivity index (χ3v) is 3.13. The van der Waals surface area contributed by atoms with Gasteiger partial charge in [-0.15, -0.1) is 0 Å². The highest BCUT2D eigenvalue weighted by molar-refractivity contribution is 5.79. The average Bonchev–Trinajstić information content (AvgIpc) is 2.69. The summed E-state index contributed by atoms with van der Waals surface area (Å²) >= 11 is 0. The number of hydrogen-bond acceptors (Lipinski definition) is 0. The molecule has 6 heteroatoms. The lowest BCUT2D eigenvalue weighted by Crippen LogP contribution is -2.03. The molecule has 0 bridgehead atoms. The quantitative estimate of drug-likeness (QED) is 0.379. The van der Waals surface area contributed by atoms with Crippen LogP contribution in [0.15, 0.2) is 18.2 Å². The van der Waals surface area contributed by atoms with Crippen molar-refractivity contribution < 1.29 is 26.3 Å². The minimum absolute atomic E-state index is 0.349. The summed E-state index contributed by atoms with van der Waals surface area (Å²) in [6.07, 6.45) is -2.23. The predicted molar refractivity (Wildman–Crippen MR) is 54.6 cm³/mol. The smallest absolute Gasteiger partial charge is 0.198 e. The standard InChI is InChI=1S/C13H4F6/c14-5-3-1-2-4-6(5)7-8(9(4)15)11(17)13(19)12(18)10(7)16/h1-3,9H. The number of hydrogen-bond donors (Lipinski definition) is 0. The molecule has 0 saturated carbocycles. The molecule has 0 fully saturated rings. The number of fused-ring (bicyclic) bond motifs is 3. The van der Waals surface area contributed by atoms with Gasteiger partial charge >= 0.3 is 0 Å². The van der Waals surface area contributed by atoms with Gasteiger partial charge in [0.2, 0.25) is 0 Å². The van der Waals surface area contributed by atoms with Gasteiger partial charge in [-0.3, -0.25) is 0 Å². The molecule has 0 aliphatic heterocycles. The van der Waals surface area contributed by atoms with Crippen molar-refractivity contribution in [2.75, 3.05) is 0 Å². The molecule has 98 valence electrons. The van der Waals surface area contributed by atoms with E-state index in [4.69, 9.17) is 0 Å². The van der Waals surface area contributed by atoms with Crippen LogP contribution in [0, 0.1) is 29.1 Å². The molecule has 0 saturated heterocycles. The third kappa shape index (κ3) is 1.37. The van der Waals surface area contributed by atoms with Crippen LogP contribution in [0.2, 0.25) is 0 Å². The van der Waals surface area contributed by atoms with Gasteiger partial charge in [-0.05, 0) is 6.07 Å². The first-order valence-electron chi connectivity index (χ1n) is 5.23. The van der Waals surface area contributed by atoms with E-state index in [-0.39, 0.29) is 5.56 Å². The fraction of sp³-hybridized carbons (Fsp3) is 0.0769. The van der Waals surface area contributed by atoms with Gasteiger partial charge in [-0.25, -0.2) is 26.3 Å². The molecular weight excluding hydrogens is 270 g/mol. The minimum Gasteiger partial charge on any atom is -0.237 e. The molecule has 0 heterocycles. The first-order valence-corrected chi connectivity index (χ1v) is 5.23. The van der Waals surface area contributed by atoms with Gasteiger partial charge in [-0.1, -0.05) is 12.1 Å². The summed E-state index contributed by atoms with van der Waals surface area (Å²) in [5, 5.41) is 0.